The van der Waals surface area contributed by atoms with E-state index in [-0.39, 0.29) is 5.41 Å². The fraction of sp³-hybridized carbons (Fsp3) is 0.524. The van der Waals surface area contributed by atoms with Gasteiger partial charge >= 0.3 is 0 Å². The minimum absolute atomic E-state index is 0.171. The number of hydrogen-bond acceptors (Lipinski definition) is 6. The van der Waals surface area contributed by atoms with Crippen molar-refractivity contribution in [2.75, 3.05) is 11.2 Å². The van der Waals surface area contributed by atoms with Gasteiger partial charge in [0.15, 0.2) is 0 Å². The van der Waals surface area contributed by atoms with E-state index in [9.17, 15) is 5.11 Å². The number of aromatic hydroxyl groups is 1. The lowest BCUT2D eigenvalue weighted by Crippen LogP contribution is -2.48. The molecule has 5 nitrogen and oxygen atoms in total. The number of nitrogens with two attached hydrogens (primary N) is 1. The molecular weight excluding hydrogens is 356 g/mol. The minimum atomic E-state index is 0.171. The van der Waals surface area contributed by atoms with Crippen LogP contribution in [0.1, 0.15) is 55.2 Å². The third-order valence-corrected chi connectivity index (χ3v) is 7.54. The first-order chi connectivity index (χ1) is 13.0. The molecule has 4 bridgehead atoms. The molecule has 4 aliphatic rings. The van der Waals surface area contributed by atoms with E-state index in [4.69, 9.17) is 5.73 Å². The maximum atomic E-state index is 11.1. The highest BCUT2D eigenvalue weighted by Gasteiger charge is 2.52. The van der Waals surface area contributed by atoms with Crippen LogP contribution in [0.3, 0.4) is 0 Å². The number of nitrogens with one attached hydrogen (secondary N) is 1. The molecule has 0 atom stereocenters. The number of hydrogen-bond donors (Lipinski definition) is 3. The summed E-state index contributed by atoms with van der Waals surface area (Å²) in [6.07, 6.45) is 9.63. The zero-order valence-corrected chi connectivity index (χ0v) is 16.4. The summed E-state index contributed by atoms with van der Waals surface area (Å²) in [6.45, 7) is 2.11. The highest BCUT2D eigenvalue weighted by Crippen LogP contribution is 2.62. The molecule has 6 rings (SSSR count). The molecule has 0 spiro atoms. The zero-order valence-electron chi connectivity index (χ0n) is 15.6. The number of nitrogen functional groups attached to an aromatic ring is 1. The second-order valence-electron chi connectivity index (χ2n) is 8.90. The fourth-order valence-electron chi connectivity index (χ4n) is 6.24. The minimum Gasteiger partial charge on any atom is -0.507 e. The maximum absolute atomic E-state index is 11.1. The molecule has 27 heavy (non-hydrogen) atoms. The van der Waals surface area contributed by atoms with Gasteiger partial charge in [0.2, 0.25) is 5.13 Å². The highest BCUT2D eigenvalue weighted by molar-refractivity contribution is 7.14. The van der Waals surface area contributed by atoms with Gasteiger partial charge in [0.1, 0.15) is 11.6 Å². The van der Waals surface area contributed by atoms with Crippen molar-refractivity contribution in [1.29, 1.82) is 0 Å². The molecule has 1 aromatic heterocycles. The monoisotopic (exact) mass is 382 g/mol. The molecule has 1 heterocycles. The first-order valence-corrected chi connectivity index (χ1v) is 10.7. The lowest BCUT2D eigenvalue weighted by molar-refractivity contribution is -0.00616. The molecule has 4 fully saturated rings. The third kappa shape index (κ3) is 3.00. The van der Waals surface area contributed by atoms with Gasteiger partial charge in [-0.15, -0.1) is 11.3 Å². The molecule has 4 saturated carbocycles. The second kappa shape index (κ2) is 6.23. The van der Waals surface area contributed by atoms with Crippen molar-refractivity contribution in [3.63, 3.8) is 0 Å². The molecule has 0 amide bonds. The average Bonchev–Trinajstić information content (AvgIpc) is 3.01. The van der Waals surface area contributed by atoms with Crippen molar-refractivity contribution >= 4 is 28.5 Å². The number of anilines is 2. The first-order valence-electron chi connectivity index (χ1n) is 9.85. The van der Waals surface area contributed by atoms with Crippen LogP contribution in [0.4, 0.5) is 10.9 Å². The van der Waals surface area contributed by atoms with Gasteiger partial charge in [-0.2, -0.15) is 5.10 Å². The van der Waals surface area contributed by atoms with Crippen molar-refractivity contribution in [3.05, 3.63) is 34.2 Å². The van der Waals surface area contributed by atoms with E-state index >= 15 is 0 Å². The molecule has 0 saturated heterocycles. The van der Waals surface area contributed by atoms with E-state index < -0.39 is 0 Å². The molecule has 142 valence electrons. The molecule has 4 aliphatic carbocycles. The van der Waals surface area contributed by atoms with Crippen LogP contribution in [-0.2, 0) is 5.41 Å². The number of hydrazone groups is 1. The Morgan fingerprint density at radius 3 is 2.48 bits per heavy atom. The van der Waals surface area contributed by atoms with Gasteiger partial charge in [0, 0.05) is 16.5 Å². The predicted molar refractivity (Wildman–Crippen MR) is 110 cm³/mol. The van der Waals surface area contributed by atoms with Gasteiger partial charge in [-0.1, -0.05) is 6.07 Å². The molecule has 4 N–H and O–H groups in total. The van der Waals surface area contributed by atoms with Crippen molar-refractivity contribution in [2.45, 2.75) is 50.9 Å². The van der Waals surface area contributed by atoms with Crippen molar-refractivity contribution in [1.82, 2.24) is 4.98 Å². The Hall–Kier alpha value is -2.08. The van der Waals surface area contributed by atoms with Crippen LogP contribution in [0.25, 0.3) is 0 Å². The summed E-state index contributed by atoms with van der Waals surface area (Å²) < 4.78 is 0. The Morgan fingerprint density at radius 1 is 1.22 bits per heavy atom. The molecule has 1 aromatic carbocycles. The summed E-state index contributed by atoms with van der Waals surface area (Å²) in [5, 5.41) is 17.8. The van der Waals surface area contributed by atoms with Crippen LogP contribution in [0, 0.1) is 24.7 Å². The Morgan fingerprint density at radius 2 is 1.89 bits per heavy atom. The Balaban J connectivity index is 1.46. The van der Waals surface area contributed by atoms with E-state index in [0.717, 1.165) is 28.9 Å². The van der Waals surface area contributed by atoms with Gasteiger partial charge in [0.05, 0.1) is 6.21 Å². The lowest BCUT2D eigenvalue weighted by atomic mass is 9.48. The maximum Gasteiger partial charge on any atom is 0.205 e. The molecule has 6 heteroatoms. The van der Waals surface area contributed by atoms with E-state index in [1.165, 1.54) is 55.4 Å². The van der Waals surface area contributed by atoms with Crippen molar-refractivity contribution < 1.29 is 5.11 Å². The first kappa shape index (κ1) is 17.0. The average molecular weight is 383 g/mol. The summed E-state index contributed by atoms with van der Waals surface area (Å²) in [7, 11) is 0. The number of phenolic OH excluding ortho intramolecular Hbond substituents is 1. The van der Waals surface area contributed by atoms with Crippen LogP contribution in [-0.4, -0.2) is 16.3 Å². The van der Waals surface area contributed by atoms with E-state index in [2.05, 4.69) is 28.5 Å². The normalized spacial score (nSPS) is 31.7. The van der Waals surface area contributed by atoms with Crippen LogP contribution >= 0.6 is 11.3 Å². The number of nitrogens with zero attached hydrogens (tertiary/aromatic N) is 2. The van der Waals surface area contributed by atoms with Crippen molar-refractivity contribution in [2.24, 2.45) is 22.9 Å². The number of benzene rings is 1. The summed E-state index contributed by atoms with van der Waals surface area (Å²) in [5.74, 6) is 3.45. The Bertz CT molecular complexity index is 868. The van der Waals surface area contributed by atoms with Crippen LogP contribution in [0.15, 0.2) is 22.6 Å². The van der Waals surface area contributed by atoms with Gasteiger partial charge in [-0.05, 0) is 80.2 Å². The topological polar surface area (TPSA) is 83.5 Å². The number of aromatic nitrogens is 1. The fourth-order valence-corrected chi connectivity index (χ4v) is 6.79. The molecule has 0 unspecified atom stereocenters. The largest absolute Gasteiger partial charge is 0.507 e. The SMILES string of the molecule is Cc1cc(C=NNc2nc(N)cs2)c(O)c(C23CC4CC(CC(C4)C2)C3)c1. The van der Waals surface area contributed by atoms with Gasteiger partial charge in [-0.3, -0.25) is 5.43 Å². The van der Waals surface area contributed by atoms with E-state index in [0.29, 0.717) is 16.7 Å². The smallest absolute Gasteiger partial charge is 0.205 e. The third-order valence-electron chi connectivity index (χ3n) is 6.78. The Kier molecular flexibility index (Phi) is 3.93. The highest BCUT2D eigenvalue weighted by atomic mass is 32.1. The molecule has 0 aliphatic heterocycles. The number of phenols is 1. The van der Waals surface area contributed by atoms with Gasteiger partial charge in [-0.25, -0.2) is 4.98 Å². The quantitative estimate of drug-likeness (QED) is 0.531. The summed E-state index contributed by atoms with van der Waals surface area (Å²) in [4.78, 5) is 4.14. The summed E-state index contributed by atoms with van der Waals surface area (Å²) in [5.41, 5.74) is 11.8. The van der Waals surface area contributed by atoms with Crippen molar-refractivity contribution in [3.8, 4) is 5.75 Å². The standard InChI is InChI=1S/C21H26N4OS/c1-12-2-16(10-23-25-20-24-18(22)11-27-20)19(26)17(3-12)21-7-13-4-14(8-21)6-15(5-13)9-21/h2-3,10-11,13-15,26H,4-9,22H2,1H3,(H,24,25). The molecular formula is C21H26N4OS. The Labute approximate surface area is 163 Å². The van der Waals surface area contributed by atoms with Gasteiger partial charge < -0.3 is 10.8 Å². The zero-order chi connectivity index (χ0) is 18.6. The molecule has 0 radical (unpaired) electrons. The number of aryl methyl sites for hydroxylation is 1. The molecule has 2 aromatic rings. The van der Waals surface area contributed by atoms with E-state index in [1.807, 2.05) is 6.07 Å². The van der Waals surface area contributed by atoms with Crippen LogP contribution < -0.4 is 11.2 Å². The second-order valence-corrected chi connectivity index (χ2v) is 9.75. The summed E-state index contributed by atoms with van der Waals surface area (Å²) in [6, 6.07) is 4.22. The summed E-state index contributed by atoms with van der Waals surface area (Å²) >= 11 is 1.41. The van der Waals surface area contributed by atoms with Crippen LogP contribution in [0.5, 0.6) is 5.75 Å². The van der Waals surface area contributed by atoms with E-state index in [1.54, 1.807) is 11.6 Å². The van der Waals surface area contributed by atoms with Gasteiger partial charge in [0.25, 0.3) is 0 Å². The number of rotatable bonds is 4. The lowest BCUT2D eigenvalue weighted by Gasteiger charge is -2.57. The van der Waals surface area contributed by atoms with Crippen LogP contribution in [0.2, 0.25) is 0 Å². The predicted octanol–water partition coefficient (Wildman–Crippen LogP) is 4.65. The number of thiazole rings is 1.